The van der Waals surface area contributed by atoms with Crippen molar-refractivity contribution in [3.8, 4) is 0 Å². The first-order chi connectivity index (χ1) is 9.22. The molecule has 0 aliphatic carbocycles. The summed E-state index contributed by atoms with van der Waals surface area (Å²) in [4.78, 5) is 5.68. The summed E-state index contributed by atoms with van der Waals surface area (Å²) in [5, 5.41) is 5.51. The van der Waals surface area contributed by atoms with Crippen molar-refractivity contribution in [3.05, 3.63) is 47.5 Å². The summed E-state index contributed by atoms with van der Waals surface area (Å²) in [5.74, 6) is 0. The second-order valence-electron chi connectivity index (χ2n) is 4.99. The third kappa shape index (κ3) is 2.72. The topological polar surface area (TPSA) is 34.3 Å². The van der Waals surface area contributed by atoms with Crippen molar-refractivity contribution in [2.75, 3.05) is 0 Å². The van der Waals surface area contributed by atoms with Crippen molar-refractivity contribution >= 4 is 16.3 Å². The molecule has 4 nitrogen and oxygen atoms in total. The van der Waals surface area contributed by atoms with Crippen molar-refractivity contribution in [2.24, 2.45) is 0 Å². The Morgan fingerprint density at radius 2 is 2.26 bits per heavy atom. The molecular formula is C14H18N4S. The second-order valence-corrected chi connectivity index (χ2v) is 5.86. The van der Waals surface area contributed by atoms with Crippen molar-refractivity contribution < 1.29 is 0 Å². The lowest BCUT2D eigenvalue weighted by atomic mass is 10.3. The van der Waals surface area contributed by atoms with Crippen molar-refractivity contribution in [3.63, 3.8) is 0 Å². The van der Waals surface area contributed by atoms with Gasteiger partial charge in [0.1, 0.15) is 0 Å². The average Bonchev–Trinajstić information content (AvgIpc) is 3.02. The zero-order valence-corrected chi connectivity index (χ0v) is 12.0. The smallest absolute Gasteiger partial charge is 0.193 e. The molecule has 19 heavy (non-hydrogen) atoms. The largest absolute Gasteiger partial charge is 0.344 e. The normalized spacial score (nSPS) is 11.7. The van der Waals surface area contributed by atoms with E-state index in [2.05, 4.69) is 63.0 Å². The molecule has 0 aliphatic rings. The number of rotatable bonds is 5. The quantitative estimate of drug-likeness (QED) is 0.776. The highest BCUT2D eigenvalue weighted by Crippen LogP contribution is 2.13. The molecule has 0 bridgehead atoms. The van der Waals surface area contributed by atoms with Crippen LogP contribution in [0.15, 0.2) is 36.1 Å². The van der Waals surface area contributed by atoms with Gasteiger partial charge >= 0.3 is 0 Å². The molecule has 1 N–H and O–H groups in total. The number of thiazole rings is 1. The Kier molecular flexibility index (Phi) is 3.40. The first-order valence-corrected chi connectivity index (χ1v) is 7.39. The Morgan fingerprint density at radius 3 is 3.05 bits per heavy atom. The molecule has 0 radical (unpaired) electrons. The maximum absolute atomic E-state index is 4.62. The highest BCUT2D eigenvalue weighted by molar-refractivity contribution is 7.15. The van der Waals surface area contributed by atoms with E-state index in [0.717, 1.165) is 23.7 Å². The zero-order valence-electron chi connectivity index (χ0n) is 11.2. The van der Waals surface area contributed by atoms with E-state index < -0.39 is 0 Å². The molecule has 0 aromatic carbocycles. The molecule has 0 spiro atoms. The molecule has 0 saturated carbocycles. The fourth-order valence-electron chi connectivity index (χ4n) is 2.10. The SMILES string of the molecule is CC(C)NCc1cccn1Cc1cn2ccsc2n1. The fourth-order valence-corrected chi connectivity index (χ4v) is 2.82. The Labute approximate surface area is 116 Å². The number of nitrogens with one attached hydrogen (secondary N) is 1. The van der Waals surface area contributed by atoms with Crippen LogP contribution in [0.25, 0.3) is 4.96 Å². The molecule has 100 valence electrons. The third-order valence-electron chi connectivity index (χ3n) is 3.09. The molecule has 3 aromatic rings. The molecular weight excluding hydrogens is 256 g/mol. The number of hydrogen-bond acceptors (Lipinski definition) is 3. The van der Waals surface area contributed by atoms with Crippen molar-refractivity contribution in [1.82, 2.24) is 19.3 Å². The molecule has 0 saturated heterocycles. The Hall–Kier alpha value is -1.59. The lowest BCUT2D eigenvalue weighted by Crippen LogP contribution is -2.23. The summed E-state index contributed by atoms with van der Waals surface area (Å²) in [6, 6.07) is 4.75. The summed E-state index contributed by atoms with van der Waals surface area (Å²) in [6.07, 6.45) is 6.27. The van der Waals surface area contributed by atoms with Crippen LogP contribution in [0, 0.1) is 0 Å². The lowest BCUT2D eigenvalue weighted by molar-refractivity contribution is 0.563. The van der Waals surface area contributed by atoms with E-state index in [1.54, 1.807) is 11.3 Å². The van der Waals surface area contributed by atoms with E-state index >= 15 is 0 Å². The van der Waals surface area contributed by atoms with Gasteiger partial charge in [-0.25, -0.2) is 4.98 Å². The van der Waals surface area contributed by atoms with Crippen LogP contribution in [0.1, 0.15) is 25.2 Å². The van der Waals surface area contributed by atoms with E-state index in [9.17, 15) is 0 Å². The monoisotopic (exact) mass is 274 g/mol. The maximum atomic E-state index is 4.62. The summed E-state index contributed by atoms with van der Waals surface area (Å²) < 4.78 is 4.33. The van der Waals surface area contributed by atoms with E-state index in [-0.39, 0.29) is 0 Å². The van der Waals surface area contributed by atoms with E-state index in [1.807, 2.05) is 6.20 Å². The van der Waals surface area contributed by atoms with Crippen LogP contribution >= 0.6 is 11.3 Å². The van der Waals surface area contributed by atoms with E-state index in [1.165, 1.54) is 5.69 Å². The average molecular weight is 274 g/mol. The van der Waals surface area contributed by atoms with Gasteiger partial charge in [0.25, 0.3) is 0 Å². The highest BCUT2D eigenvalue weighted by Gasteiger charge is 2.06. The van der Waals surface area contributed by atoms with Gasteiger partial charge < -0.3 is 9.88 Å². The van der Waals surface area contributed by atoms with Crippen LogP contribution < -0.4 is 5.32 Å². The minimum atomic E-state index is 0.501. The van der Waals surface area contributed by atoms with Crippen molar-refractivity contribution in [2.45, 2.75) is 33.0 Å². The second kappa shape index (κ2) is 5.19. The molecule has 0 amide bonds. The van der Waals surface area contributed by atoms with Crippen LogP contribution in [0.3, 0.4) is 0 Å². The number of imidazole rings is 1. The number of nitrogens with zero attached hydrogens (tertiary/aromatic N) is 3. The first kappa shape index (κ1) is 12.4. The standard InChI is InChI=1S/C14H18N4S/c1-11(2)15-8-13-4-3-5-17(13)9-12-10-18-6-7-19-14(18)16-12/h3-7,10-11,15H,8-9H2,1-2H3. The van der Waals surface area contributed by atoms with Crippen LogP contribution in [-0.4, -0.2) is 20.0 Å². The van der Waals surface area contributed by atoms with Gasteiger partial charge in [-0.1, -0.05) is 13.8 Å². The number of hydrogen-bond donors (Lipinski definition) is 1. The van der Waals surface area contributed by atoms with Crippen LogP contribution in [0.5, 0.6) is 0 Å². The number of fused-ring (bicyclic) bond motifs is 1. The van der Waals surface area contributed by atoms with Gasteiger partial charge in [-0.05, 0) is 12.1 Å². The van der Waals surface area contributed by atoms with E-state index in [4.69, 9.17) is 0 Å². The van der Waals surface area contributed by atoms with Crippen LogP contribution in [-0.2, 0) is 13.1 Å². The maximum Gasteiger partial charge on any atom is 0.193 e. The van der Waals surface area contributed by atoms with Gasteiger partial charge in [-0.3, -0.25) is 4.40 Å². The minimum absolute atomic E-state index is 0.501. The van der Waals surface area contributed by atoms with Gasteiger partial charge in [0.15, 0.2) is 4.96 Å². The molecule has 5 heteroatoms. The Bertz CT molecular complexity index is 633. The Balaban J connectivity index is 1.75. The first-order valence-electron chi connectivity index (χ1n) is 6.51. The number of aromatic nitrogens is 3. The molecule has 3 heterocycles. The summed E-state index contributed by atoms with van der Waals surface area (Å²) in [6.45, 7) is 6.05. The van der Waals surface area contributed by atoms with Gasteiger partial charge in [0.2, 0.25) is 0 Å². The van der Waals surface area contributed by atoms with Gasteiger partial charge in [-0.2, -0.15) is 0 Å². The van der Waals surface area contributed by atoms with Gasteiger partial charge in [0, 0.05) is 42.3 Å². The van der Waals surface area contributed by atoms with Crippen LogP contribution in [0.2, 0.25) is 0 Å². The van der Waals surface area contributed by atoms with Gasteiger partial charge in [-0.15, -0.1) is 11.3 Å². The minimum Gasteiger partial charge on any atom is -0.344 e. The highest BCUT2D eigenvalue weighted by atomic mass is 32.1. The predicted octanol–water partition coefficient (Wildman–Crippen LogP) is 2.74. The molecule has 0 aliphatic heterocycles. The Morgan fingerprint density at radius 1 is 1.37 bits per heavy atom. The van der Waals surface area contributed by atoms with Crippen molar-refractivity contribution in [1.29, 1.82) is 0 Å². The summed E-state index contributed by atoms with van der Waals surface area (Å²) >= 11 is 1.67. The predicted molar refractivity (Wildman–Crippen MR) is 78.6 cm³/mol. The third-order valence-corrected chi connectivity index (χ3v) is 3.86. The summed E-state index contributed by atoms with van der Waals surface area (Å²) in [5.41, 5.74) is 2.40. The lowest BCUT2D eigenvalue weighted by Gasteiger charge is -2.11. The molecule has 0 unspecified atom stereocenters. The molecule has 0 fully saturated rings. The molecule has 0 atom stereocenters. The van der Waals surface area contributed by atoms with E-state index in [0.29, 0.717) is 6.04 Å². The van der Waals surface area contributed by atoms with Crippen LogP contribution in [0.4, 0.5) is 0 Å². The molecule has 3 rings (SSSR count). The summed E-state index contributed by atoms with van der Waals surface area (Å²) in [7, 11) is 0. The zero-order chi connectivity index (χ0) is 13.2. The van der Waals surface area contributed by atoms with Gasteiger partial charge in [0.05, 0.1) is 12.2 Å². The molecule has 3 aromatic heterocycles. The fraction of sp³-hybridized carbons (Fsp3) is 0.357.